The van der Waals surface area contributed by atoms with Gasteiger partial charge < -0.3 is 5.32 Å². The Morgan fingerprint density at radius 3 is 2.69 bits per heavy atom. The van der Waals surface area contributed by atoms with E-state index in [2.05, 4.69) is 43.6 Å². The molecular formula is C11H19NS. The lowest BCUT2D eigenvalue weighted by Crippen LogP contribution is -2.23. The van der Waals surface area contributed by atoms with E-state index >= 15 is 0 Å². The second-order valence-electron chi connectivity index (χ2n) is 3.93. The minimum absolute atomic E-state index is 0.764. The fourth-order valence-corrected chi connectivity index (χ4v) is 1.75. The number of hydrogen-bond acceptors (Lipinski definition) is 2. The van der Waals surface area contributed by atoms with Crippen LogP contribution >= 0.6 is 11.3 Å². The minimum Gasteiger partial charge on any atom is -0.312 e. The van der Waals surface area contributed by atoms with Crippen LogP contribution in [-0.4, -0.2) is 6.54 Å². The molecule has 1 atom stereocenters. The van der Waals surface area contributed by atoms with Crippen molar-refractivity contribution in [2.45, 2.75) is 27.3 Å². The van der Waals surface area contributed by atoms with Gasteiger partial charge in [0.2, 0.25) is 0 Å². The zero-order chi connectivity index (χ0) is 9.68. The molecule has 0 saturated carbocycles. The van der Waals surface area contributed by atoms with Crippen LogP contribution in [-0.2, 0) is 6.54 Å². The molecule has 74 valence electrons. The zero-order valence-electron chi connectivity index (χ0n) is 8.71. The second kappa shape index (κ2) is 5.40. The number of thiophene rings is 1. The van der Waals surface area contributed by atoms with Crippen LogP contribution in [0.15, 0.2) is 17.5 Å². The van der Waals surface area contributed by atoms with Crippen molar-refractivity contribution in [2.24, 2.45) is 11.8 Å². The largest absolute Gasteiger partial charge is 0.312 e. The molecule has 1 aromatic heterocycles. The highest BCUT2D eigenvalue weighted by molar-refractivity contribution is 7.09. The zero-order valence-corrected chi connectivity index (χ0v) is 9.53. The Hall–Kier alpha value is -0.340. The van der Waals surface area contributed by atoms with Crippen LogP contribution in [0.4, 0.5) is 0 Å². The normalized spacial score (nSPS) is 13.5. The van der Waals surface area contributed by atoms with Crippen LogP contribution in [0.5, 0.6) is 0 Å². The maximum absolute atomic E-state index is 3.48. The highest BCUT2D eigenvalue weighted by atomic mass is 32.1. The van der Waals surface area contributed by atoms with Crippen LogP contribution in [0.2, 0.25) is 0 Å². The summed E-state index contributed by atoms with van der Waals surface area (Å²) in [7, 11) is 0. The van der Waals surface area contributed by atoms with Crippen molar-refractivity contribution in [1.29, 1.82) is 0 Å². The van der Waals surface area contributed by atoms with Gasteiger partial charge in [0.1, 0.15) is 0 Å². The summed E-state index contributed by atoms with van der Waals surface area (Å²) < 4.78 is 0. The predicted octanol–water partition coefficient (Wildman–Crippen LogP) is 3.13. The highest BCUT2D eigenvalue weighted by Gasteiger charge is 2.05. The maximum atomic E-state index is 3.48. The van der Waals surface area contributed by atoms with Gasteiger partial charge in [-0.25, -0.2) is 0 Å². The van der Waals surface area contributed by atoms with Crippen LogP contribution in [0.3, 0.4) is 0 Å². The Balaban J connectivity index is 2.14. The SMILES string of the molecule is CC(C)C(C)CNCc1cccs1. The predicted molar refractivity (Wildman–Crippen MR) is 60.0 cm³/mol. The van der Waals surface area contributed by atoms with Crippen LogP contribution < -0.4 is 5.32 Å². The van der Waals surface area contributed by atoms with Crippen molar-refractivity contribution in [3.05, 3.63) is 22.4 Å². The average molecular weight is 197 g/mol. The number of nitrogens with one attached hydrogen (secondary N) is 1. The quantitative estimate of drug-likeness (QED) is 0.764. The van der Waals surface area contributed by atoms with Gasteiger partial charge in [-0.1, -0.05) is 26.8 Å². The van der Waals surface area contributed by atoms with Gasteiger partial charge in [0.05, 0.1) is 0 Å². The van der Waals surface area contributed by atoms with Crippen molar-refractivity contribution < 1.29 is 0 Å². The van der Waals surface area contributed by atoms with Crippen LogP contribution in [0.25, 0.3) is 0 Å². The van der Waals surface area contributed by atoms with Crippen LogP contribution in [0, 0.1) is 11.8 Å². The lowest BCUT2D eigenvalue weighted by molar-refractivity contribution is 0.393. The first-order valence-corrected chi connectivity index (χ1v) is 5.81. The molecule has 0 aliphatic carbocycles. The van der Waals surface area contributed by atoms with Gasteiger partial charge >= 0.3 is 0 Å². The molecule has 0 aromatic carbocycles. The van der Waals surface area contributed by atoms with E-state index < -0.39 is 0 Å². The lowest BCUT2D eigenvalue weighted by atomic mass is 9.98. The second-order valence-corrected chi connectivity index (χ2v) is 4.96. The molecule has 0 radical (unpaired) electrons. The van der Waals surface area contributed by atoms with Crippen molar-refractivity contribution in [3.8, 4) is 0 Å². The molecule has 2 heteroatoms. The Morgan fingerprint density at radius 1 is 1.38 bits per heavy atom. The Morgan fingerprint density at radius 2 is 2.15 bits per heavy atom. The van der Waals surface area contributed by atoms with E-state index in [1.807, 2.05) is 11.3 Å². The molecule has 0 fully saturated rings. The van der Waals surface area contributed by atoms with Crippen LogP contribution in [0.1, 0.15) is 25.6 Å². The fourth-order valence-electron chi connectivity index (χ4n) is 1.07. The first-order chi connectivity index (χ1) is 6.20. The van der Waals surface area contributed by atoms with Gasteiger partial charge in [0.25, 0.3) is 0 Å². The molecule has 1 nitrogen and oxygen atoms in total. The third-order valence-electron chi connectivity index (χ3n) is 2.48. The number of hydrogen-bond donors (Lipinski definition) is 1. The summed E-state index contributed by atoms with van der Waals surface area (Å²) in [5, 5.41) is 5.61. The van der Waals surface area contributed by atoms with E-state index in [0.717, 1.165) is 24.9 Å². The average Bonchev–Trinajstić information content (AvgIpc) is 2.56. The van der Waals surface area contributed by atoms with E-state index in [1.165, 1.54) is 4.88 Å². The monoisotopic (exact) mass is 197 g/mol. The Kier molecular flexibility index (Phi) is 4.46. The molecule has 1 rings (SSSR count). The van der Waals surface area contributed by atoms with Crippen molar-refractivity contribution in [2.75, 3.05) is 6.54 Å². The van der Waals surface area contributed by atoms with Gasteiger partial charge in [0, 0.05) is 11.4 Å². The van der Waals surface area contributed by atoms with Crippen molar-refractivity contribution in [3.63, 3.8) is 0 Å². The topological polar surface area (TPSA) is 12.0 Å². The highest BCUT2D eigenvalue weighted by Crippen LogP contribution is 2.10. The first kappa shape index (κ1) is 10.7. The van der Waals surface area contributed by atoms with Gasteiger partial charge in [-0.3, -0.25) is 0 Å². The fraction of sp³-hybridized carbons (Fsp3) is 0.636. The van der Waals surface area contributed by atoms with E-state index in [0.29, 0.717) is 0 Å². The van der Waals surface area contributed by atoms with Gasteiger partial charge in [-0.15, -0.1) is 11.3 Å². The lowest BCUT2D eigenvalue weighted by Gasteiger charge is -2.15. The summed E-state index contributed by atoms with van der Waals surface area (Å²) in [4.78, 5) is 1.43. The molecule has 0 amide bonds. The third-order valence-corrected chi connectivity index (χ3v) is 3.36. The smallest absolute Gasteiger partial charge is 0.0299 e. The molecule has 1 N–H and O–H groups in total. The number of rotatable bonds is 5. The molecule has 1 heterocycles. The Bertz CT molecular complexity index is 216. The summed E-state index contributed by atoms with van der Waals surface area (Å²) in [6.07, 6.45) is 0. The molecule has 0 aliphatic heterocycles. The summed E-state index contributed by atoms with van der Waals surface area (Å²) in [5.41, 5.74) is 0. The molecular weight excluding hydrogens is 178 g/mol. The summed E-state index contributed by atoms with van der Waals surface area (Å²) in [5.74, 6) is 1.54. The minimum atomic E-state index is 0.764. The molecule has 0 bridgehead atoms. The maximum Gasteiger partial charge on any atom is 0.0299 e. The van der Waals surface area contributed by atoms with Crippen molar-refractivity contribution >= 4 is 11.3 Å². The standard InChI is InChI=1S/C11H19NS/c1-9(2)10(3)7-12-8-11-5-4-6-13-11/h4-6,9-10,12H,7-8H2,1-3H3. The van der Waals surface area contributed by atoms with E-state index in [1.54, 1.807) is 0 Å². The van der Waals surface area contributed by atoms with Gasteiger partial charge in [-0.05, 0) is 29.8 Å². The molecule has 1 aromatic rings. The summed E-state index contributed by atoms with van der Waals surface area (Å²) >= 11 is 1.82. The van der Waals surface area contributed by atoms with E-state index in [9.17, 15) is 0 Å². The van der Waals surface area contributed by atoms with Crippen molar-refractivity contribution in [1.82, 2.24) is 5.32 Å². The van der Waals surface area contributed by atoms with E-state index in [-0.39, 0.29) is 0 Å². The molecule has 0 spiro atoms. The Labute approximate surface area is 85.2 Å². The van der Waals surface area contributed by atoms with Gasteiger partial charge in [0.15, 0.2) is 0 Å². The summed E-state index contributed by atoms with van der Waals surface area (Å²) in [6.45, 7) is 8.99. The first-order valence-electron chi connectivity index (χ1n) is 4.93. The van der Waals surface area contributed by atoms with E-state index in [4.69, 9.17) is 0 Å². The molecule has 1 unspecified atom stereocenters. The molecule has 13 heavy (non-hydrogen) atoms. The summed E-state index contributed by atoms with van der Waals surface area (Å²) in [6, 6.07) is 4.28. The molecule has 0 aliphatic rings. The van der Waals surface area contributed by atoms with Gasteiger partial charge in [-0.2, -0.15) is 0 Å². The third kappa shape index (κ3) is 3.92. The molecule has 0 saturated heterocycles.